The van der Waals surface area contributed by atoms with Crippen LogP contribution in [0.5, 0.6) is 0 Å². The predicted octanol–water partition coefficient (Wildman–Crippen LogP) is 4.88. The Labute approximate surface area is 155 Å². The van der Waals surface area contributed by atoms with Crippen LogP contribution < -0.4 is 10.6 Å². The molecule has 0 aliphatic carbocycles. The summed E-state index contributed by atoms with van der Waals surface area (Å²) in [4.78, 5) is 21.0. The van der Waals surface area contributed by atoms with E-state index in [1.54, 1.807) is 43.3 Å². The number of halogens is 2. The van der Waals surface area contributed by atoms with Crippen molar-refractivity contribution in [2.24, 2.45) is 0 Å². The van der Waals surface area contributed by atoms with Gasteiger partial charge in [0.15, 0.2) is 0 Å². The standard InChI is InChI=1S/C19H16ClFN4O/c1-11-8-13(20)6-7-16(11)24-18(26)17-9-12(2)22-19(25-17)23-15-5-3-4-14(21)10-15/h3-10H,1-2H3,(H,24,26)(H,22,23,25). The van der Waals surface area contributed by atoms with Crippen molar-refractivity contribution >= 4 is 34.8 Å². The van der Waals surface area contributed by atoms with Gasteiger partial charge in [0.1, 0.15) is 11.5 Å². The highest BCUT2D eigenvalue weighted by molar-refractivity contribution is 6.30. The smallest absolute Gasteiger partial charge is 0.274 e. The number of anilines is 3. The lowest BCUT2D eigenvalue weighted by molar-refractivity contribution is 0.102. The normalized spacial score (nSPS) is 10.5. The van der Waals surface area contributed by atoms with Gasteiger partial charge in [-0.05, 0) is 61.9 Å². The Kier molecular flexibility index (Phi) is 5.14. The number of carbonyl (C=O) groups excluding carboxylic acids is 1. The molecule has 0 unspecified atom stereocenters. The zero-order valence-electron chi connectivity index (χ0n) is 14.2. The third-order valence-corrected chi connectivity index (χ3v) is 3.84. The molecule has 0 spiro atoms. The van der Waals surface area contributed by atoms with E-state index in [9.17, 15) is 9.18 Å². The van der Waals surface area contributed by atoms with E-state index in [0.29, 0.717) is 22.1 Å². The molecule has 26 heavy (non-hydrogen) atoms. The lowest BCUT2D eigenvalue weighted by atomic mass is 10.2. The quantitative estimate of drug-likeness (QED) is 0.686. The molecular weight excluding hydrogens is 355 g/mol. The molecule has 1 amide bonds. The second-order valence-electron chi connectivity index (χ2n) is 5.77. The van der Waals surface area contributed by atoms with E-state index >= 15 is 0 Å². The molecule has 0 bridgehead atoms. The molecule has 7 heteroatoms. The highest BCUT2D eigenvalue weighted by Gasteiger charge is 2.12. The number of hydrogen-bond donors (Lipinski definition) is 2. The fourth-order valence-corrected chi connectivity index (χ4v) is 2.62. The molecule has 3 rings (SSSR count). The second kappa shape index (κ2) is 7.49. The number of amides is 1. The van der Waals surface area contributed by atoms with Gasteiger partial charge in [-0.1, -0.05) is 17.7 Å². The highest BCUT2D eigenvalue weighted by Crippen LogP contribution is 2.21. The van der Waals surface area contributed by atoms with Crippen molar-refractivity contribution in [1.29, 1.82) is 0 Å². The summed E-state index contributed by atoms with van der Waals surface area (Å²) in [7, 11) is 0. The first kappa shape index (κ1) is 17.8. The molecule has 0 atom stereocenters. The summed E-state index contributed by atoms with van der Waals surface area (Å²) in [5, 5.41) is 6.31. The number of benzene rings is 2. The number of hydrogen-bond acceptors (Lipinski definition) is 4. The van der Waals surface area contributed by atoms with Gasteiger partial charge in [0.05, 0.1) is 0 Å². The molecule has 0 radical (unpaired) electrons. The Morgan fingerprint density at radius 3 is 2.62 bits per heavy atom. The third kappa shape index (κ3) is 4.34. The van der Waals surface area contributed by atoms with Crippen molar-refractivity contribution in [2.75, 3.05) is 10.6 Å². The van der Waals surface area contributed by atoms with Crippen LogP contribution in [0, 0.1) is 19.7 Å². The molecule has 5 nitrogen and oxygen atoms in total. The summed E-state index contributed by atoms with van der Waals surface area (Å²) < 4.78 is 13.3. The maximum atomic E-state index is 13.3. The molecule has 3 aromatic rings. The first-order valence-electron chi connectivity index (χ1n) is 7.86. The van der Waals surface area contributed by atoms with Crippen LogP contribution in [0.15, 0.2) is 48.5 Å². The van der Waals surface area contributed by atoms with Gasteiger partial charge in [-0.25, -0.2) is 14.4 Å². The number of rotatable bonds is 4. The van der Waals surface area contributed by atoms with Crippen molar-refractivity contribution in [2.45, 2.75) is 13.8 Å². The van der Waals surface area contributed by atoms with Crippen LogP contribution in [0.2, 0.25) is 5.02 Å². The first-order valence-corrected chi connectivity index (χ1v) is 8.24. The molecule has 0 saturated carbocycles. The van der Waals surface area contributed by atoms with E-state index in [2.05, 4.69) is 20.6 Å². The summed E-state index contributed by atoms with van der Waals surface area (Å²) in [6.45, 7) is 3.60. The lowest BCUT2D eigenvalue weighted by Gasteiger charge is -2.10. The molecule has 2 N–H and O–H groups in total. The summed E-state index contributed by atoms with van der Waals surface area (Å²) in [6.07, 6.45) is 0. The van der Waals surface area contributed by atoms with Crippen molar-refractivity contribution in [3.8, 4) is 0 Å². The van der Waals surface area contributed by atoms with Crippen LogP contribution in [0.1, 0.15) is 21.7 Å². The van der Waals surface area contributed by atoms with Gasteiger partial charge in [-0.2, -0.15) is 0 Å². The molecule has 132 valence electrons. The minimum Gasteiger partial charge on any atom is -0.324 e. The number of nitrogens with zero attached hydrogens (tertiary/aromatic N) is 2. The van der Waals surface area contributed by atoms with Crippen molar-refractivity contribution < 1.29 is 9.18 Å². The van der Waals surface area contributed by atoms with Gasteiger partial charge in [-0.15, -0.1) is 0 Å². The fraction of sp³-hybridized carbons (Fsp3) is 0.105. The molecule has 0 aliphatic rings. The van der Waals surface area contributed by atoms with E-state index in [-0.39, 0.29) is 23.4 Å². The number of aromatic nitrogens is 2. The van der Waals surface area contributed by atoms with Crippen LogP contribution in [0.3, 0.4) is 0 Å². The Morgan fingerprint density at radius 1 is 1.08 bits per heavy atom. The van der Waals surface area contributed by atoms with E-state index in [1.165, 1.54) is 12.1 Å². The Hall–Kier alpha value is -2.99. The Balaban J connectivity index is 1.83. The molecule has 0 fully saturated rings. The van der Waals surface area contributed by atoms with Crippen molar-refractivity contribution in [3.05, 3.63) is 76.3 Å². The fourth-order valence-electron chi connectivity index (χ4n) is 2.39. The SMILES string of the molecule is Cc1cc(C(=O)Nc2ccc(Cl)cc2C)nc(Nc2cccc(F)c2)n1. The van der Waals surface area contributed by atoms with Crippen LogP contribution in [-0.2, 0) is 0 Å². The van der Waals surface area contributed by atoms with E-state index in [0.717, 1.165) is 5.56 Å². The minimum absolute atomic E-state index is 0.200. The highest BCUT2D eigenvalue weighted by atomic mass is 35.5. The zero-order valence-corrected chi connectivity index (χ0v) is 14.9. The summed E-state index contributed by atoms with van der Waals surface area (Å²) in [5.41, 5.74) is 2.79. The van der Waals surface area contributed by atoms with Gasteiger partial charge in [0, 0.05) is 22.1 Å². The monoisotopic (exact) mass is 370 g/mol. The molecule has 1 heterocycles. The van der Waals surface area contributed by atoms with Crippen LogP contribution in [0.25, 0.3) is 0 Å². The lowest BCUT2D eigenvalue weighted by Crippen LogP contribution is -2.16. The van der Waals surface area contributed by atoms with Crippen LogP contribution in [-0.4, -0.2) is 15.9 Å². The van der Waals surface area contributed by atoms with E-state index < -0.39 is 0 Å². The first-order chi connectivity index (χ1) is 12.4. The molecular formula is C19H16ClFN4O. The van der Waals surface area contributed by atoms with E-state index in [1.807, 2.05) is 6.92 Å². The average molecular weight is 371 g/mol. The largest absolute Gasteiger partial charge is 0.324 e. The van der Waals surface area contributed by atoms with Gasteiger partial charge >= 0.3 is 0 Å². The van der Waals surface area contributed by atoms with Gasteiger partial charge in [0.25, 0.3) is 5.91 Å². The number of aryl methyl sites for hydroxylation is 2. The van der Waals surface area contributed by atoms with Gasteiger partial charge in [-0.3, -0.25) is 4.79 Å². The molecule has 0 aliphatic heterocycles. The van der Waals surface area contributed by atoms with Gasteiger partial charge in [0.2, 0.25) is 5.95 Å². The van der Waals surface area contributed by atoms with Crippen LogP contribution in [0.4, 0.5) is 21.7 Å². The molecule has 2 aromatic carbocycles. The number of nitrogens with one attached hydrogen (secondary N) is 2. The Bertz CT molecular complexity index is 978. The van der Waals surface area contributed by atoms with Crippen LogP contribution >= 0.6 is 11.6 Å². The summed E-state index contributed by atoms with van der Waals surface area (Å²) >= 11 is 5.93. The third-order valence-electron chi connectivity index (χ3n) is 3.60. The summed E-state index contributed by atoms with van der Waals surface area (Å²) in [6, 6.07) is 12.7. The average Bonchev–Trinajstić information content (AvgIpc) is 2.57. The maximum absolute atomic E-state index is 13.3. The zero-order chi connectivity index (χ0) is 18.7. The minimum atomic E-state index is -0.376. The molecule has 1 aromatic heterocycles. The summed E-state index contributed by atoms with van der Waals surface area (Å²) in [5.74, 6) is -0.532. The second-order valence-corrected chi connectivity index (χ2v) is 6.20. The topological polar surface area (TPSA) is 66.9 Å². The molecule has 0 saturated heterocycles. The maximum Gasteiger partial charge on any atom is 0.274 e. The van der Waals surface area contributed by atoms with Crippen molar-refractivity contribution in [1.82, 2.24) is 9.97 Å². The Morgan fingerprint density at radius 2 is 1.88 bits per heavy atom. The van der Waals surface area contributed by atoms with Gasteiger partial charge < -0.3 is 10.6 Å². The van der Waals surface area contributed by atoms with E-state index in [4.69, 9.17) is 11.6 Å². The predicted molar refractivity (Wildman–Crippen MR) is 101 cm³/mol. The van der Waals surface area contributed by atoms with Crippen molar-refractivity contribution in [3.63, 3.8) is 0 Å². The number of carbonyl (C=O) groups is 1.